The molecule has 0 aromatic heterocycles. The largest absolute Gasteiger partial charge is 0.339 e. The van der Waals surface area contributed by atoms with Gasteiger partial charge in [-0.15, -0.1) is 0 Å². The van der Waals surface area contributed by atoms with Crippen LogP contribution in [0.2, 0.25) is 0 Å². The highest BCUT2D eigenvalue weighted by Gasteiger charge is 2.16. The molecule has 1 aromatic carbocycles. The summed E-state index contributed by atoms with van der Waals surface area (Å²) in [5.41, 5.74) is -1.05. The van der Waals surface area contributed by atoms with Crippen LogP contribution in [0.3, 0.4) is 0 Å². The zero-order valence-corrected chi connectivity index (χ0v) is 10.8. The van der Waals surface area contributed by atoms with Crippen LogP contribution in [0.1, 0.15) is 0 Å². The normalized spacial score (nSPS) is 8.53. The lowest BCUT2D eigenvalue weighted by Crippen LogP contribution is -2.03. The smallest absolute Gasteiger partial charge is 0.292 e. The highest BCUT2D eigenvalue weighted by atomic mass is 79.9. The molecular formula is C11H4BrN5O2. The first-order valence-corrected chi connectivity index (χ1v) is 5.48. The van der Waals surface area contributed by atoms with Crippen LogP contribution in [0.15, 0.2) is 33.9 Å². The van der Waals surface area contributed by atoms with Gasteiger partial charge in [0.05, 0.1) is 4.92 Å². The fourth-order valence-corrected chi connectivity index (χ4v) is 1.55. The number of nitro groups is 1. The minimum Gasteiger partial charge on any atom is -0.339 e. The predicted molar refractivity (Wildman–Crippen MR) is 68.3 cm³/mol. The van der Waals surface area contributed by atoms with E-state index in [2.05, 4.69) is 21.2 Å². The van der Waals surface area contributed by atoms with Crippen molar-refractivity contribution in [3.8, 4) is 18.2 Å². The second kappa shape index (κ2) is 6.15. The standard InChI is InChI=1S/C11H4BrN5O2/c12-8-1-2-11(17(18)19)9(3-8)16-10(6-15)7(4-13)5-14/h1-3,16H. The quantitative estimate of drug-likeness (QED) is 0.518. The van der Waals surface area contributed by atoms with Crippen molar-refractivity contribution in [2.45, 2.75) is 0 Å². The highest BCUT2D eigenvalue weighted by Crippen LogP contribution is 2.29. The van der Waals surface area contributed by atoms with Gasteiger partial charge in [0, 0.05) is 10.5 Å². The minimum atomic E-state index is -0.637. The highest BCUT2D eigenvalue weighted by molar-refractivity contribution is 9.10. The molecule has 1 rings (SSSR count). The van der Waals surface area contributed by atoms with Gasteiger partial charge in [0.1, 0.15) is 29.6 Å². The topological polar surface area (TPSA) is 127 Å². The van der Waals surface area contributed by atoms with Crippen LogP contribution in [0.5, 0.6) is 0 Å². The molecule has 1 N–H and O–H groups in total. The average molecular weight is 318 g/mol. The van der Waals surface area contributed by atoms with Gasteiger partial charge in [0.25, 0.3) is 5.69 Å². The number of nitrogens with zero attached hydrogens (tertiary/aromatic N) is 4. The van der Waals surface area contributed by atoms with Crippen LogP contribution in [0, 0.1) is 44.1 Å². The zero-order valence-electron chi connectivity index (χ0n) is 9.22. The molecule has 8 heteroatoms. The Balaban J connectivity index is 3.35. The number of nitriles is 3. The van der Waals surface area contributed by atoms with E-state index in [0.717, 1.165) is 0 Å². The fraction of sp³-hybridized carbons (Fsp3) is 0. The van der Waals surface area contributed by atoms with Crippen LogP contribution >= 0.6 is 15.9 Å². The SMILES string of the molecule is N#CC(C#N)=C(C#N)Nc1cc(Br)ccc1[N+](=O)[O-]. The second-order valence-electron chi connectivity index (χ2n) is 3.13. The molecule has 92 valence electrons. The van der Waals surface area contributed by atoms with E-state index in [1.807, 2.05) is 0 Å². The molecular weight excluding hydrogens is 314 g/mol. The number of allylic oxidation sites excluding steroid dienone is 2. The van der Waals surface area contributed by atoms with Gasteiger partial charge in [-0.25, -0.2) is 0 Å². The molecule has 19 heavy (non-hydrogen) atoms. The van der Waals surface area contributed by atoms with Crippen molar-refractivity contribution >= 4 is 27.3 Å². The molecule has 0 radical (unpaired) electrons. The first-order chi connectivity index (χ1) is 9.03. The Morgan fingerprint density at radius 3 is 2.37 bits per heavy atom. The summed E-state index contributed by atoms with van der Waals surface area (Å²) in [6.07, 6.45) is 0. The van der Waals surface area contributed by atoms with Gasteiger partial charge in [0.2, 0.25) is 0 Å². The van der Waals surface area contributed by atoms with Gasteiger partial charge in [-0.05, 0) is 12.1 Å². The number of hydrogen-bond donors (Lipinski definition) is 1. The van der Waals surface area contributed by atoms with Gasteiger partial charge in [-0.1, -0.05) is 15.9 Å². The van der Waals surface area contributed by atoms with E-state index in [1.165, 1.54) is 30.3 Å². The molecule has 0 heterocycles. The third kappa shape index (κ3) is 3.29. The van der Waals surface area contributed by atoms with Crippen LogP contribution in [0.25, 0.3) is 0 Å². The number of nitro benzene ring substituents is 1. The summed E-state index contributed by atoms with van der Waals surface area (Å²) in [7, 11) is 0. The van der Waals surface area contributed by atoms with E-state index in [4.69, 9.17) is 15.8 Å². The van der Waals surface area contributed by atoms with Crippen LogP contribution in [-0.2, 0) is 0 Å². The van der Waals surface area contributed by atoms with E-state index >= 15 is 0 Å². The molecule has 0 fully saturated rings. The third-order valence-corrected chi connectivity index (χ3v) is 2.49. The van der Waals surface area contributed by atoms with Gasteiger partial charge < -0.3 is 5.32 Å². The molecule has 0 aliphatic heterocycles. The number of halogens is 1. The summed E-state index contributed by atoms with van der Waals surface area (Å²) in [4.78, 5) is 10.2. The van der Waals surface area contributed by atoms with Gasteiger partial charge in [-0.2, -0.15) is 15.8 Å². The predicted octanol–water partition coefficient (Wildman–Crippen LogP) is 2.59. The van der Waals surface area contributed by atoms with Crippen LogP contribution in [0.4, 0.5) is 11.4 Å². The van der Waals surface area contributed by atoms with Crippen LogP contribution in [-0.4, -0.2) is 4.92 Å². The summed E-state index contributed by atoms with van der Waals surface area (Å²) in [5, 5.41) is 39.5. The Morgan fingerprint density at radius 2 is 1.89 bits per heavy atom. The number of anilines is 1. The lowest BCUT2D eigenvalue weighted by atomic mass is 10.2. The Kier molecular flexibility index (Phi) is 4.59. The van der Waals surface area contributed by atoms with E-state index in [9.17, 15) is 10.1 Å². The first kappa shape index (κ1) is 14.2. The van der Waals surface area contributed by atoms with Crippen molar-refractivity contribution < 1.29 is 4.92 Å². The molecule has 0 aliphatic rings. The third-order valence-electron chi connectivity index (χ3n) is 2.00. The lowest BCUT2D eigenvalue weighted by Gasteiger charge is -2.05. The Morgan fingerprint density at radius 1 is 1.26 bits per heavy atom. The van der Waals surface area contributed by atoms with Gasteiger partial charge in [-0.3, -0.25) is 10.1 Å². The number of hydrogen-bond acceptors (Lipinski definition) is 6. The van der Waals surface area contributed by atoms with Crippen molar-refractivity contribution in [3.63, 3.8) is 0 Å². The minimum absolute atomic E-state index is 0.0129. The average Bonchev–Trinajstić information content (AvgIpc) is 2.38. The molecule has 0 atom stereocenters. The number of benzene rings is 1. The molecule has 0 bridgehead atoms. The number of rotatable bonds is 3. The first-order valence-electron chi connectivity index (χ1n) is 4.69. The maximum Gasteiger partial charge on any atom is 0.292 e. The van der Waals surface area contributed by atoms with Crippen molar-refractivity contribution in [3.05, 3.63) is 44.1 Å². The molecule has 7 nitrogen and oxygen atoms in total. The molecule has 1 aromatic rings. The Labute approximate surface area is 116 Å². The van der Waals surface area contributed by atoms with E-state index < -0.39 is 10.5 Å². The van der Waals surface area contributed by atoms with Crippen molar-refractivity contribution in [2.75, 3.05) is 5.32 Å². The van der Waals surface area contributed by atoms with Crippen molar-refractivity contribution in [2.24, 2.45) is 0 Å². The summed E-state index contributed by atoms with van der Waals surface area (Å²) >= 11 is 3.14. The zero-order chi connectivity index (χ0) is 14.4. The molecule has 0 unspecified atom stereocenters. The van der Waals surface area contributed by atoms with Crippen LogP contribution < -0.4 is 5.32 Å². The van der Waals surface area contributed by atoms with Crippen molar-refractivity contribution in [1.29, 1.82) is 15.8 Å². The monoisotopic (exact) mass is 317 g/mol. The Bertz CT molecular complexity index is 675. The summed E-state index contributed by atoms with van der Waals surface area (Å²) in [5.74, 6) is 0. The molecule has 0 saturated carbocycles. The molecule has 0 spiro atoms. The van der Waals surface area contributed by atoms with Crippen molar-refractivity contribution in [1.82, 2.24) is 0 Å². The lowest BCUT2D eigenvalue weighted by molar-refractivity contribution is -0.383. The molecule has 0 amide bonds. The maximum absolute atomic E-state index is 10.8. The van der Waals surface area contributed by atoms with Gasteiger partial charge >= 0.3 is 0 Å². The summed E-state index contributed by atoms with van der Waals surface area (Å²) < 4.78 is 0.549. The van der Waals surface area contributed by atoms with E-state index in [0.29, 0.717) is 4.47 Å². The Hall–Kier alpha value is -2.89. The molecule has 0 saturated heterocycles. The summed E-state index contributed by atoms with van der Waals surface area (Å²) in [6.45, 7) is 0. The second-order valence-corrected chi connectivity index (χ2v) is 4.04. The maximum atomic E-state index is 10.8. The van der Waals surface area contributed by atoms with Gasteiger partial charge in [0.15, 0.2) is 5.57 Å². The number of nitrogens with one attached hydrogen (secondary N) is 1. The van der Waals surface area contributed by atoms with E-state index in [1.54, 1.807) is 6.07 Å². The molecule has 0 aliphatic carbocycles. The fourth-order valence-electron chi connectivity index (χ4n) is 1.19. The summed E-state index contributed by atoms with van der Waals surface area (Å²) in [6, 6.07) is 8.78. The van der Waals surface area contributed by atoms with E-state index in [-0.39, 0.29) is 17.1 Å².